The van der Waals surface area contributed by atoms with Gasteiger partial charge in [0.25, 0.3) is 0 Å². The highest BCUT2D eigenvalue weighted by Gasteiger charge is 2.12. The van der Waals surface area contributed by atoms with E-state index in [0.29, 0.717) is 12.2 Å². The van der Waals surface area contributed by atoms with Gasteiger partial charge in [-0.15, -0.1) is 0 Å². The summed E-state index contributed by atoms with van der Waals surface area (Å²) in [5.41, 5.74) is 8.84. The number of primary amides is 1. The van der Waals surface area contributed by atoms with Crippen molar-refractivity contribution in [3.05, 3.63) is 83.7 Å². The van der Waals surface area contributed by atoms with Crippen LogP contribution in [0.2, 0.25) is 0 Å². The number of hydrogen-bond acceptors (Lipinski definition) is 4. The van der Waals surface area contributed by atoms with Gasteiger partial charge in [0.1, 0.15) is 5.82 Å². The van der Waals surface area contributed by atoms with Crippen molar-refractivity contribution in [3.63, 3.8) is 0 Å². The van der Waals surface area contributed by atoms with Gasteiger partial charge in [-0.05, 0) is 61.1 Å². The zero-order chi connectivity index (χ0) is 25.2. The van der Waals surface area contributed by atoms with E-state index in [1.165, 1.54) is 5.56 Å². The van der Waals surface area contributed by atoms with E-state index in [0.717, 1.165) is 40.2 Å². The van der Waals surface area contributed by atoms with Gasteiger partial charge in [-0.2, -0.15) is 0 Å². The fourth-order valence-corrected chi connectivity index (χ4v) is 4.51. The van der Waals surface area contributed by atoms with E-state index in [2.05, 4.69) is 19.1 Å². The molecule has 184 valence electrons. The molecule has 6 heteroatoms. The summed E-state index contributed by atoms with van der Waals surface area (Å²) in [4.78, 5) is 24.4. The molecule has 0 aliphatic rings. The Morgan fingerprint density at radius 3 is 2.29 bits per heavy atom. The number of esters is 1. The number of carbonyl (C=O) groups excluding carboxylic acids is 2. The SMILES string of the molecule is CCC(CCc1ccc(-c2ccc(Sc3ccc(C)cc3)cc2F)cc1)COC(=O)CCC(N)=O. The van der Waals surface area contributed by atoms with Crippen molar-refractivity contribution in [1.82, 2.24) is 0 Å². The van der Waals surface area contributed by atoms with Gasteiger partial charge in [0.15, 0.2) is 0 Å². The summed E-state index contributed by atoms with van der Waals surface area (Å²) in [5.74, 6) is -0.895. The summed E-state index contributed by atoms with van der Waals surface area (Å²) >= 11 is 1.55. The van der Waals surface area contributed by atoms with E-state index in [9.17, 15) is 14.0 Å². The molecule has 0 aliphatic carbocycles. The van der Waals surface area contributed by atoms with Crippen LogP contribution in [0.3, 0.4) is 0 Å². The maximum Gasteiger partial charge on any atom is 0.306 e. The van der Waals surface area contributed by atoms with Gasteiger partial charge in [0.2, 0.25) is 5.91 Å². The summed E-state index contributed by atoms with van der Waals surface area (Å²) in [6.07, 6.45) is 2.64. The number of halogens is 1. The van der Waals surface area contributed by atoms with Gasteiger partial charge >= 0.3 is 5.97 Å². The number of rotatable bonds is 12. The number of aryl methyl sites for hydroxylation is 2. The summed E-state index contributed by atoms with van der Waals surface area (Å²) in [6, 6.07) is 21.5. The zero-order valence-electron chi connectivity index (χ0n) is 20.3. The average Bonchev–Trinajstić information content (AvgIpc) is 2.85. The van der Waals surface area contributed by atoms with Gasteiger partial charge in [-0.3, -0.25) is 9.59 Å². The molecule has 0 heterocycles. The van der Waals surface area contributed by atoms with E-state index < -0.39 is 11.9 Å². The van der Waals surface area contributed by atoms with E-state index in [1.54, 1.807) is 17.8 Å². The van der Waals surface area contributed by atoms with Crippen LogP contribution >= 0.6 is 11.8 Å². The van der Waals surface area contributed by atoms with Crippen molar-refractivity contribution in [1.29, 1.82) is 0 Å². The van der Waals surface area contributed by atoms with Crippen LogP contribution in [0.25, 0.3) is 11.1 Å². The zero-order valence-corrected chi connectivity index (χ0v) is 21.1. The first-order valence-corrected chi connectivity index (χ1v) is 12.7. The molecule has 3 rings (SSSR count). The quantitative estimate of drug-likeness (QED) is 0.284. The lowest BCUT2D eigenvalue weighted by atomic mass is 9.96. The van der Waals surface area contributed by atoms with Crippen molar-refractivity contribution < 1.29 is 18.7 Å². The standard InChI is InChI=1S/C29H32FNO3S/c1-3-21(19-34-29(33)17-16-28(31)32)6-7-22-8-10-23(11-9-22)26-15-14-25(18-27(26)30)35-24-12-4-20(2)5-13-24/h4-5,8-15,18,21H,3,6-7,16-17,19H2,1-2H3,(H2,31,32). The molecule has 2 N–H and O–H groups in total. The first-order chi connectivity index (χ1) is 16.8. The third-order valence-corrected chi connectivity index (χ3v) is 6.93. The summed E-state index contributed by atoms with van der Waals surface area (Å²) < 4.78 is 20.2. The lowest BCUT2D eigenvalue weighted by molar-refractivity contribution is -0.146. The second kappa shape index (κ2) is 13.1. The Labute approximate surface area is 211 Å². The number of carbonyl (C=O) groups is 2. The summed E-state index contributed by atoms with van der Waals surface area (Å²) in [7, 11) is 0. The number of amides is 1. The van der Waals surface area contributed by atoms with E-state index in [4.69, 9.17) is 10.5 Å². The minimum Gasteiger partial charge on any atom is -0.465 e. The van der Waals surface area contributed by atoms with Crippen LogP contribution in [-0.2, 0) is 20.7 Å². The van der Waals surface area contributed by atoms with Crippen molar-refractivity contribution in [2.24, 2.45) is 11.7 Å². The van der Waals surface area contributed by atoms with Crippen LogP contribution in [0.15, 0.2) is 76.5 Å². The molecule has 0 radical (unpaired) electrons. The molecular weight excluding hydrogens is 461 g/mol. The number of hydrogen-bond donors (Lipinski definition) is 1. The Morgan fingerprint density at radius 1 is 0.971 bits per heavy atom. The molecule has 1 unspecified atom stereocenters. The molecule has 0 fully saturated rings. The second-order valence-corrected chi connectivity index (χ2v) is 9.86. The Bertz CT molecular complexity index is 1130. The molecule has 3 aromatic rings. The highest BCUT2D eigenvalue weighted by atomic mass is 32.2. The van der Waals surface area contributed by atoms with Gasteiger partial charge in [0.05, 0.1) is 13.0 Å². The van der Waals surface area contributed by atoms with Crippen LogP contribution in [0.4, 0.5) is 4.39 Å². The van der Waals surface area contributed by atoms with Crippen molar-refractivity contribution in [2.75, 3.05) is 6.61 Å². The normalized spacial score (nSPS) is 11.7. The van der Waals surface area contributed by atoms with Crippen LogP contribution in [0, 0.1) is 18.7 Å². The highest BCUT2D eigenvalue weighted by molar-refractivity contribution is 7.99. The number of ether oxygens (including phenoxy) is 1. The van der Waals surface area contributed by atoms with E-state index in [-0.39, 0.29) is 24.6 Å². The van der Waals surface area contributed by atoms with Gasteiger partial charge in [-0.25, -0.2) is 4.39 Å². The predicted molar refractivity (Wildman–Crippen MR) is 139 cm³/mol. The molecule has 0 bridgehead atoms. The molecule has 0 saturated heterocycles. The first-order valence-electron chi connectivity index (χ1n) is 11.9. The van der Waals surface area contributed by atoms with Crippen LogP contribution < -0.4 is 5.73 Å². The fraction of sp³-hybridized carbons (Fsp3) is 0.310. The second-order valence-electron chi connectivity index (χ2n) is 8.72. The third-order valence-electron chi connectivity index (χ3n) is 5.94. The molecule has 4 nitrogen and oxygen atoms in total. The maximum atomic E-state index is 14.9. The van der Waals surface area contributed by atoms with Crippen molar-refractivity contribution in [3.8, 4) is 11.1 Å². The molecule has 0 spiro atoms. The fourth-order valence-electron chi connectivity index (χ4n) is 3.67. The summed E-state index contributed by atoms with van der Waals surface area (Å²) in [6.45, 7) is 4.45. The molecule has 0 aliphatic heterocycles. The highest BCUT2D eigenvalue weighted by Crippen LogP contribution is 2.32. The van der Waals surface area contributed by atoms with Gasteiger partial charge < -0.3 is 10.5 Å². The number of nitrogens with two attached hydrogens (primary N) is 1. The molecule has 35 heavy (non-hydrogen) atoms. The maximum absolute atomic E-state index is 14.9. The lowest BCUT2D eigenvalue weighted by Crippen LogP contribution is -2.17. The Morgan fingerprint density at radius 2 is 1.66 bits per heavy atom. The predicted octanol–water partition coefficient (Wildman–Crippen LogP) is 6.72. The monoisotopic (exact) mass is 493 g/mol. The van der Waals surface area contributed by atoms with Crippen LogP contribution in [0.1, 0.15) is 43.7 Å². The smallest absolute Gasteiger partial charge is 0.306 e. The first kappa shape index (κ1) is 26.5. The molecule has 1 amide bonds. The van der Waals surface area contributed by atoms with Crippen molar-refractivity contribution >= 4 is 23.6 Å². The molecule has 3 aromatic carbocycles. The molecule has 1 atom stereocenters. The van der Waals surface area contributed by atoms with Gasteiger partial charge in [0, 0.05) is 21.8 Å². The average molecular weight is 494 g/mol. The lowest BCUT2D eigenvalue weighted by Gasteiger charge is -2.15. The largest absolute Gasteiger partial charge is 0.465 e. The van der Waals surface area contributed by atoms with E-state index in [1.807, 2.05) is 55.5 Å². The Hall–Kier alpha value is -3.12. The number of benzene rings is 3. The third kappa shape index (κ3) is 8.55. The molecular formula is C29H32FNO3S. The minimum absolute atomic E-state index is 0.0108. The van der Waals surface area contributed by atoms with Crippen LogP contribution in [-0.4, -0.2) is 18.5 Å². The van der Waals surface area contributed by atoms with Crippen LogP contribution in [0.5, 0.6) is 0 Å². The van der Waals surface area contributed by atoms with Crippen molar-refractivity contribution in [2.45, 2.75) is 55.7 Å². The van der Waals surface area contributed by atoms with Gasteiger partial charge in [-0.1, -0.05) is 73.1 Å². The van der Waals surface area contributed by atoms with E-state index >= 15 is 0 Å². The summed E-state index contributed by atoms with van der Waals surface area (Å²) in [5, 5.41) is 0. The molecule has 0 saturated carbocycles. The minimum atomic E-state index is -0.505. The Kier molecular flexibility index (Phi) is 9.91. The molecule has 0 aromatic heterocycles. The topological polar surface area (TPSA) is 69.4 Å². The Balaban J connectivity index is 1.53.